The van der Waals surface area contributed by atoms with Gasteiger partial charge in [-0.3, -0.25) is 4.79 Å². The second-order valence-electron chi connectivity index (χ2n) is 4.68. The van der Waals surface area contributed by atoms with E-state index in [9.17, 15) is 9.59 Å². The zero-order chi connectivity index (χ0) is 15.1. The van der Waals surface area contributed by atoms with Crippen LogP contribution in [0.3, 0.4) is 0 Å². The molecule has 1 rings (SSSR count). The number of benzene rings is 1. The van der Waals surface area contributed by atoms with Crippen molar-refractivity contribution in [3.05, 3.63) is 54.1 Å². The number of carbonyl (C=O) groups is 2. The molecule has 0 unspecified atom stereocenters. The van der Waals surface area contributed by atoms with Crippen LogP contribution in [0.5, 0.6) is 0 Å². The van der Waals surface area contributed by atoms with E-state index in [1.54, 1.807) is 31.2 Å². The zero-order valence-electron chi connectivity index (χ0n) is 11.9. The lowest BCUT2D eigenvalue weighted by molar-refractivity contribution is -0.131. The Kier molecular flexibility index (Phi) is 5.72. The predicted octanol–water partition coefficient (Wildman–Crippen LogP) is 2.77. The van der Waals surface area contributed by atoms with Crippen molar-refractivity contribution in [1.29, 1.82) is 0 Å². The van der Waals surface area contributed by atoms with Gasteiger partial charge < -0.3 is 10.0 Å². The van der Waals surface area contributed by atoms with E-state index in [1.165, 1.54) is 6.08 Å². The van der Waals surface area contributed by atoms with Crippen molar-refractivity contribution in [3.8, 4) is 0 Å². The maximum Gasteiger partial charge on any atom is 0.328 e. The number of carbonyl (C=O) groups excluding carboxylic acids is 1. The highest BCUT2D eigenvalue weighted by Gasteiger charge is 2.12. The highest BCUT2D eigenvalue weighted by Crippen LogP contribution is 2.15. The summed E-state index contributed by atoms with van der Waals surface area (Å²) in [6.07, 6.45) is 5.69. The second-order valence-corrected chi connectivity index (χ2v) is 4.68. The van der Waals surface area contributed by atoms with Crippen LogP contribution >= 0.6 is 0 Å². The summed E-state index contributed by atoms with van der Waals surface area (Å²) in [6.45, 7) is 1.79. The van der Waals surface area contributed by atoms with E-state index in [1.807, 2.05) is 31.1 Å². The maximum atomic E-state index is 12.1. The number of allylic oxidation sites excluding steroid dienone is 3. The summed E-state index contributed by atoms with van der Waals surface area (Å²) in [7, 11) is 3.88. The molecule has 0 amide bonds. The Morgan fingerprint density at radius 3 is 2.25 bits per heavy atom. The minimum atomic E-state index is -1.01. The SMILES string of the molecule is C[C@H](C=CC=CC(=O)O)C(=O)c1ccc(N(C)C)cc1. The van der Waals surface area contributed by atoms with Crippen LogP contribution in [0.2, 0.25) is 0 Å². The van der Waals surface area contributed by atoms with Gasteiger partial charge in [0.1, 0.15) is 0 Å². The van der Waals surface area contributed by atoms with Crippen LogP contribution in [0.1, 0.15) is 17.3 Å². The van der Waals surface area contributed by atoms with Gasteiger partial charge in [-0.25, -0.2) is 4.79 Å². The number of rotatable bonds is 6. The average Bonchev–Trinajstić information content (AvgIpc) is 2.42. The highest BCUT2D eigenvalue weighted by molar-refractivity contribution is 5.99. The topological polar surface area (TPSA) is 57.6 Å². The molecule has 1 aromatic carbocycles. The Morgan fingerprint density at radius 2 is 1.75 bits per heavy atom. The number of nitrogens with zero attached hydrogens (tertiary/aromatic N) is 1. The molecule has 0 saturated heterocycles. The number of hydrogen-bond donors (Lipinski definition) is 1. The zero-order valence-corrected chi connectivity index (χ0v) is 11.9. The van der Waals surface area contributed by atoms with E-state index in [0.29, 0.717) is 5.56 Å². The summed E-state index contributed by atoms with van der Waals surface area (Å²) < 4.78 is 0. The van der Waals surface area contributed by atoms with Crippen molar-refractivity contribution < 1.29 is 14.7 Å². The smallest absolute Gasteiger partial charge is 0.328 e. The van der Waals surface area contributed by atoms with Crippen molar-refractivity contribution in [3.63, 3.8) is 0 Å². The van der Waals surface area contributed by atoms with Crippen molar-refractivity contribution in [2.24, 2.45) is 5.92 Å². The first-order valence-electron chi connectivity index (χ1n) is 6.31. The highest BCUT2D eigenvalue weighted by atomic mass is 16.4. The predicted molar refractivity (Wildman–Crippen MR) is 80.2 cm³/mol. The molecule has 0 heterocycles. The lowest BCUT2D eigenvalue weighted by Gasteiger charge is -2.13. The fraction of sp³-hybridized carbons (Fsp3) is 0.250. The molecule has 0 spiro atoms. The van der Waals surface area contributed by atoms with Crippen molar-refractivity contribution >= 4 is 17.4 Å². The summed E-state index contributed by atoms with van der Waals surface area (Å²) in [5, 5.41) is 8.45. The third-order valence-electron chi connectivity index (χ3n) is 2.83. The van der Waals surface area contributed by atoms with Gasteiger partial charge in [-0.2, -0.15) is 0 Å². The van der Waals surface area contributed by atoms with Crippen LogP contribution in [0.25, 0.3) is 0 Å². The molecule has 4 nitrogen and oxygen atoms in total. The third kappa shape index (κ3) is 4.72. The summed E-state index contributed by atoms with van der Waals surface area (Å²) >= 11 is 0. The van der Waals surface area contributed by atoms with Crippen molar-refractivity contribution in [2.75, 3.05) is 19.0 Å². The average molecular weight is 273 g/mol. The minimum absolute atomic E-state index is 0.00952. The first-order chi connectivity index (χ1) is 9.41. The van der Waals surface area contributed by atoms with Crippen LogP contribution in [-0.2, 0) is 4.79 Å². The molecule has 0 fully saturated rings. The van der Waals surface area contributed by atoms with Gasteiger partial charge >= 0.3 is 5.97 Å². The van der Waals surface area contributed by atoms with E-state index in [2.05, 4.69) is 0 Å². The molecule has 1 N–H and O–H groups in total. The fourth-order valence-corrected chi connectivity index (χ4v) is 1.64. The number of Topliss-reactive ketones (excluding diaryl/α,β-unsaturated/α-hetero) is 1. The lowest BCUT2D eigenvalue weighted by atomic mass is 9.98. The normalized spacial score (nSPS) is 12.8. The van der Waals surface area contributed by atoms with Gasteiger partial charge in [0, 0.05) is 37.3 Å². The molecule has 0 bridgehead atoms. The van der Waals surface area contributed by atoms with Crippen LogP contribution in [0, 0.1) is 5.92 Å². The first kappa shape index (κ1) is 15.7. The van der Waals surface area contributed by atoms with Gasteiger partial charge in [0.25, 0.3) is 0 Å². The largest absolute Gasteiger partial charge is 0.478 e. The van der Waals surface area contributed by atoms with Gasteiger partial charge in [0.15, 0.2) is 5.78 Å². The van der Waals surface area contributed by atoms with Crippen LogP contribution < -0.4 is 4.90 Å². The minimum Gasteiger partial charge on any atom is -0.478 e. The molecule has 0 aliphatic rings. The Morgan fingerprint density at radius 1 is 1.15 bits per heavy atom. The van der Waals surface area contributed by atoms with Crippen LogP contribution in [-0.4, -0.2) is 31.0 Å². The van der Waals surface area contributed by atoms with E-state index in [4.69, 9.17) is 5.11 Å². The maximum absolute atomic E-state index is 12.1. The van der Waals surface area contributed by atoms with E-state index < -0.39 is 5.97 Å². The van der Waals surface area contributed by atoms with Gasteiger partial charge in [0.05, 0.1) is 0 Å². The van der Waals surface area contributed by atoms with Crippen molar-refractivity contribution in [2.45, 2.75) is 6.92 Å². The fourth-order valence-electron chi connectivity index (χ4n) is 1.64. The van der Waals surface area contributed by atoms with Crippen molar-refractivity contribution in [1.82, 2.24) is 0 Å². The molecule has 106 valence electrons. The molecule has 0 saturated carbocycles. The van der Waals surface area contributed by atoms with Gasteiger partial charge in [-0.1, -0.05) is 25.2 Å². The Labute approximate surface area is 119 Å². The number of ketones is 1. The van der Waals surface area contributed by atoms with E-state index >= 15 is 0 Å². The number of hydrogen-bond acceptors (Lipinski definition) is 3. The first-order valence-corrected chi connectivity index (χ1v) is 6.31. The summed E-state index contributed by atoms with van der Waals surface area (Å²) in [5.74, 6) is -1.29. The third-order valence-corrected chi connectivity index (χ3v) is 2.83. The van der Waals surface area contributed by atoms with Gasteiger partial charge in [-0.15, -0.1) is 0 Å². The number of carboxylic acid groups (broad SMARTS) is 1. The summed E-state index contributed by atoms with van der Waals surface area (Å²) in [6, 6.07) is 7.40. The monoisotopic (exact) mass is 273 g/mol. The number of aliphatic carboxylic acids is 1. The van der Waals surface area contributed by atoms with Crippen LogP contribution in [0.4, 0.5) is 5.69 Å². The van der Waals surface area contributed by atoms with Gasteiger partial charge in [-0.05, 0) is 24.3 Å². The molecule has 4 heteroatoms. The molecule has 0 aliphatic heterocycles. The Balaban J connectivity index is 2.71. The molecular formula is C16H19NO3. The number of carboxylic acids is 1. The van der Waals surface area contributed by atoms with E-state index in [0.717, 1.165) is 11.8 Å². The van der Waals surface area contributed by atoms with Crippen LogP contribution in [0.15, 0.2) is 48.6 Å². The molecule has 0 aromatic heterocycles. The quantitative estimate of drug-likeness (QED) is 0.492. The standard InChI is InChI=1S/C16H19NO3/c1-12(6-4-5-7-15(18)19)16(20)13-8-10-14(11-9-13)17(2)3/h4-12H,1-3H3,(H,18,19)/t12-/m1/s1. The molecule has 0 radical (unpaired) electrons. The molecule has 0 aliphatic carbocycles. The van der Waals surface area contributed by atoms with Gasteiger partial charge in [0.2, 0.25) is 0 Å². The Bertz CT molecular complexity index is 527. The molecular weight excluding hydrogens is 254 g/mol. The second kappa shape index (κ2) is 7.28. The Hall–Kier alpha value is -2.36. The summed E-state index contributed by atoms with van der Waals surface area (Å²) in [4.78, 5) is 24.4. The lowest BCUT2D eigenvalue weighted by Crippen LogP contribution is -2.11. The number of anilines is 1. The van der Waals surface area contributed by atoms with E-state index in [-0.39, 0.29) is 11.7 Å². The molecule has 20 heavy (non-hydrogen) atoms. The molecule has 1 aromatic rings. The molecule has 1 atom stereocenters. The summed E-state index contributed by atoms with van der Waals surface area (Å²) in [5.41, 5.74) is 1.68.